The fourth-order valence-corrected chi connectivity index (χ4v) is 2.28. The van der Waals surface area contributed by atoms with E-state index in [0.717, 1.165) is 22.3 Å². The summed E-state index contributed by atoms with van der Waals surface area (Å²) >= 11 is 0. The fraction of sp³-hybridized carbons (Fsp3) is 0.316. The van der Waals surface area contributed by atoms with Crippen molar-refractivity contribution >= 4 is 11.3 Å². The summed E-state index contributed by atoms with van der Waals surface area (Å²) in [6, 6.07) is 6.42. The molecule has 0 aliphatic rings. The summed E-state index contributed by atoms with van der Waals surface area (Å²) in [5.74, 6) is 0.429. The SMILES string of the molecule is C=C(C/C(=C/N)C(C)=N)C(=C)c1ccc(C)cc1C(C)C. The minimum Gasteiger partial charge on any atom is -0.404 e. The van der Waals surface area contributed by atoms with Gasteiger partial charge in [-0.25, -0.2) is 0 Å². The van der Waals surface area contributed by atoms with E-state index in [2.05, 4.69) is 52.1 Å². The van der Waals surface area contributed by atoms with Gasteiger partial charge in [0.1, 0.15) is 0 Å². The quantitative estimate of drug-likeness (QED) is 0.562. The minimum absolute atomic E-state index is 0.429. The highest BCUT2D eigenvalue weighted by Gasteiger charge is 2.13. The van der Waals surface area contributed by atoms with Crippen molar-refractivity contribution in [3.63, 3.8) is 0 Å². The highest BCUT2D eigenvalue weighted by Crippen LogP contribution is 2.31. The van der Waals surface area contributed by atoms with Crippen molar-refractivity contribution in [3.8, 4) is 0 Å². The van der Waals surface area contributed by atoms with Gasteiger partial charge in [-0.3, -0.25) is 0 Å². The molecule has 0 aliphatic heterocycles. The van der Waals surface area contributed by atoms with Crippen LogP contribution in [-0.2, 0) is 0 Å². The van der Waals surface area contributed by atoms with Gasteiger partial charge in [-0.2, -0.15) is 0 Å². The zero-order chi connectivity index (χ0) is 16.2. The van der Waals surface area contributed by atoms with Gasteiger partial charge in [0.05, 0.1) is 0 Å². The molecule has 0 unspecified atom stereocenters. The van der Waals surface area contributed by atoms with E-state index in [1.54, 1.807) is 6.92 Å². The fourth-order valence-electron chi connectivity index (χ4n) is 2.28. The molecule has 0 radical (unpaired) electrons. The summed E-state index contributed by atoms with van der Waals surface area (Å²) in [4.78, 5) is 0. The highest BCUT2D eigenvalue weighted by atomic mass is 14.5. The highest BCUT2D eigenvalue weighted by molar-refractivity contribution is 5.97. The average molecular weight is 282 g/mol. The molecule has 0 heterocycles. The molecule has 1 aromatic carbocycles. The first-order valence-electron chi connectivity index (χ1n) is 7.22. The van der Waals surface area contributed by atoms with E-state index in [4.69, 9.17) is 11.1 Å². The first kappa shape index (κ1) is 17.0. The van der Waals surface area contributed by atoms with E-state index in [1.807, 2.05) is 0 Å². The Hall–Kier alpha value is -2.09. The smallest absolute Gasteiger partial charge is 0.0332 e. The van der Waals surface area contributed by atoms with Crippen molar-refractivity contribution in [2.24, 2.45) is 5.73 Å². The molecular weight excluding hydrogens is 256 g/mol. The van der Waals surface area contributed by atoms with E-state index < -0.39 is 0 Å². The van der Waals surface area contributed by atoms with E-state index in [9.17, 15) is 0 Å². The number of aryl methyl sites for hydroxylation is 1. The molecular formula is C19H26N2. The molecule has 112 valence electrons. The summed E-state index contributed by atoms with van der Waals surface area (Å²) in [6.45, 7) is 16.5. The second kappa shape index (κ2) is 7.07. The van der Waals surface area contributed by atoms with E-state index in [1.165, 1.54) is 17.3 Å². The van der Waals surface area contributed by atoms with Gasteiger partial charge in [0.2, 0.25) is 0 Å². The Balaban J connectivity index is 3.09. The number of benzene rings is 1. The Morgan fingerprint density at radius 2 is 1.95 bits per heavy atom. The second-order valence-corrected chi connectivity index (χ2v) is 5.82. The van der Waals surface area contributed by atoms with Gasteiger partial charge < -0.3 is 11.1 Å². The Morgan fingerprint density at radius 1 is 1.33 bits per heavy atom. The van der Waals surface area contributed by atoms with Crippen LogP contribution in [0, 0.1) is 12.3 Å². The summed E-state index contributed by atoms with van der Waals surface area (Å²) < 4.78 is 0. The lowest BCUT2D eigenvalue weighted by molar-refractivity contribution is 0.860. The van der Waals surface area contributed by atoms with Gasteiger partial charge in [-0.15, -0.1) is 0 Å². The summed E-state index contributed by atoms with van der Waals surface area (Å²) in [5.41, 5.74) is 12.4. The third-order valence-electron chi connectivity index (χ3n) is 3.67. The van der Waals surface area contributed by atoms with Crippen molar-refractivity contribution in [1.29, 1.82) is 5.41 Å². The Labute approximate surface area is 128 Å². The normalized spacial score (nSPS) is 11.6. The summed E-state index contributed by atoms with van der Waals surface area (Å²) in [7, 11) is 0. The first-order valence-corrected chi connectivity index (χ1v) is 7.22. The zero-order valence-corrected chi connectivity index (χ0v) is 13.6. The molecule has 0 atom stereocenters. The predicted molar refractivity (Wildman–Crippen MR) is 93.7 cm³/mol. The number of allylic oxidation sites excluding steroid dienone is 3. The molecule has 0 bridgehead atoms. The maximum absolute atomic E-state index is 7.71. The van der Waals surface area contributed by atoms with Crippen LogP contribution in [0.25, 0.3) is 5.57 Å². The van der Waals surface area contributed by atoms with Crippen molar-refractivity contribution in [1.82, 2.24) is 0 Å². The third-order valence-corrected chi connectivity index (χ3v) is 3.67. The molecule has 0 saturated heterocycles. The maximum atomic E-state index is 7.71. The van der Waals surface area contributed by atoms with Crippen molar-refractivity contribution in [2.75, 3.05) is 0 Å². The molecule has 0 spiro atoms. The largest absolute Gasteiger partial charge is 0.404 e. The first-order chi connectivity index (χ1) is 9.77. The number of hydrogen-bond acceptors (Lipinski definition) is 2. The predicted octanol–water partition coefficient (Wildman–Crippen LogP) is 4.96. The minimum atomic E-state index is 0.429. The van der Waals surface area contributed by atoms with Crippen LogP contribution in [0.1, 0.15) is 49.8 Å². The van der Waals surface area contributed by atoms with Gasteiger partial charge in [0.15, 0.2) is 0 Å². The van der Waals surface area contributed by atoms with Crippen LogP contribution in [0.5, 0.6) is 0 Å². The van der Waals surface area contributed by atoms with Crippen LogP contribution >= 0.6 is 0 Å². The standard InChI is InChI=1S/C19H26N2/c1-12(2)19-9-13(3)7-8-18(19)15(5)14(4)10-17(11-20)16(6)21/h7-9,11-12,21H,4-5,10,20H2,1-3,6H3/b17-11-,21-16?. The Kier molecular flexibility index (Phi) is 5.71. The number of nitrogens with one attached hydrogen (secondary N) is 1. The van der Waals surface area contributed by atoms with Crippen LogP contribution in [0.4, 0.5) is 0 Å². The molecule has 21 heavy (non-hydrogen) atoms. The topological polar surface area (TPSA) is 49.9 Å². The van der Waals surface area contributed by atoms with Crippen LogP contribution in [0.3, 0.4) is 0 Å². The monoisotopic (exact) mass is 282 g/mol. The number of rotatable bonds is 6. The molecule has 1 rings (SSSR count). The maximum Gasteiger partial charge on any atom is 0.0332 e. The van der Waals surface area contributed by atoms with E-state index >= 15 is 0 Å². The number of hydrogen-bond donors (Lipinski definition) is 2. The van der Waals surface area contributed by atoms with Crippen LogP contribution in [0.15, 0.2) is 48.7 Å². The van der Waals surface area contributed by atoms with Gasteiger partial charge in [-0.1, -0.05) is 50.8 Å². The lowest BCUT2D eigenvalue weighted by atomic mass is 9.87. The summed E-state index contributed by atoms with van der Waals surface area (Å²) in [6.07, 6.45) is 2.05. The lowest BCUT2D eigenvalue weighted by Gasteiger charge is -2.18. The molecule has 2 nitrogen and oxygen atoms in total. The number of nitrogens with two attached hydrogens (primary N) is 1. The molecule has 0 saturated carbocycles. The van der Waals surface area contributed by atoms with Crippen molar-refractivity contribution in [3.05, 3.63) is 65.4 Å². The van der Waals surface area contributed by atoms with Crippen molar-refractivity contribution in [2.45, 2.75) is 40.0 Å². The Morgan fingerprint density at radius 3 is 2.43 bits per heavy atom. The molecule has 1 aromatic rings. The summed E-state index contributed by atoms with van der Waals surface area (Å²) in [5, 5.41) is 7.71. The lowest BCUT2D eigenvalue weighted by Crippen LogP contribution is -2.03. The average Bonchev–Trinajstić information content (AvgIpc) is 2.43. The third kappa shape index (κ3) is 4.19. The van der Waals surface area contributed by atoms with Gasteiger partial charge in [-0.05, 0) is 53.8 Å². The van der Waals surface area contributed by atoms with E-state index in [-0.39, 0.29) is 0 Å². The Bertz CT molecular complexity index is 604. The van der Waals surface area contributed by atoms with Gasteiger partial charge in [0, 0.05) is 12.1 Å². The van der Waals surface area contributed by atoms with Crippen LogP contribution in [-0.4, -0.2) is 5.71 Å². The van der Waals surface area contributed by atoms with Crippen LogP contribution in [0.2, 0.25) is 0 Å². The van der Waals surface area contributed by atoms with Gasteiger partial charge >= 0.3 is 0 Å². The second-order valence-electron chi connectivity index (χ2n) is 5.82. The van der Waals surface area contributed by atoms with Gasteiger partial charge in [0.25, 0.3) is 0 Å². The van der Waals surface area contributed by atoms with Crippen LogP contribution < -0.4 is 5.73 Å². The molecule has 0 aromatic heterocycles. The molecule has 2 heteroatoms. The molecule has 0 amide bonds. The molecule has 0 aliphatic carbocycles. The molecule has 3 N–H and O–H groups in total. The van der Waals surface area contributed by atoms with E-state index in [0.29, 0.717) is 18.1 Å². The van der Waals surface area contributed by atoms with Crippen molar-refractivity contribution < 1.29 is 0 Å². The molecule has 0 fully saturated rings. The zero-order valence-electron chi connectivity index (χ0n) is 13.6.